The molecule has 12 heavy (non-hydrogen) atoms. The SMILES string of the molecule is C=Cc1cc(C)c(C)c(C)c1[SiH3]. The second-order valence-electron chi connectivity index (χ2n) is 3.36. The lowest BCUT2D eigenvalue weighted by Crippen LogP contribution is -2.14. The first-order chi connectivity index (χ1) is 5.57. The average Bonchev–Trinajstić information content (AvgIpc) is 2.08. The largest absolute Gasteiger partial charge is 0.0985 e. The van der Waals surface area contributed by atoms with Gasteiger partial charge in [0.15, 0.2) is 0 Å². The third-order valence-corrected chi connectivity index (χ3v) is 4.07. The maximum absolute atomic E-state index is 3.83. The van der Waals surface area contributed by atoms with E-state index in [0.29, 0.717) is 0 Å². The van der Waals surface area contributed by atoms with Gasteiger partial charge in [0.2, 0.25) is 0 Å². The van der Waals surface area contributed by atoms with Crippen molar-refractivity contribution in [2.45, 2.75) is 20.8 Å². The van der Waals surface area contributed by atoms with Crippen LogP contribution in [0.4, 0.5) is 0 Å². The maximum Gasteiger partial charge on any atom is 0.0396 e. The molecule has 0 N–H and O–H groups in total. The summed E-state index contributed by atoms with van der Waals surface area (Å²) < 4.78 is 0. The summed E-state index contributed by atoms with van der Waals surface area (Å²) in [5, 5.41) is 1.49. The Hall–Kier alpha value is -0.823. The normalized spacial score (nSPS) is 10.2. The highest BCUT2D eigenvalue weighted by molar-refractivity contribution is 6.35. The molecule has 0 aliphatic rings. The first-order valence-electron chi connectivity index (χ1n) is 4.27. The molecule has 0 saturated carbocycles. The summed E-state index contributed by atoms with van der Waals surface area (Å²) in [5.74, 6) is 0. The predicted octanol–water partition coefficient (Wildman–Crippen LogP) is 1.25. The molecule has 0 radical (unpaired) electrons. The van der Waals surface area contributed by atoms with Gasteiger partial charge in [-0.2, -0.15) is 0 Å². The van der Waals surface area contributed by atoms with Crippen molar-refractivity contribution in [3.63, 3.8) is 0 Å². The molecule has 0 bridgehead atoms. The fourth-order valence-electron chi connectivity index (χ4n) is 1.46. The highest BCUT2D eigenvalue weighted by Crippen LogP contribution is 2.13. The van der Waals surface area contributed by atoms with E-state index >= 15 is 0 Å². The van der Waals surface area contributed by atoms with Gasteiger partial charge in [-0.3, -0.25) is 0 Å². The molecule has 0 unspecified atom stereocenters. The van der Waals surface area contributed by atoms with E-state index in [4.69, 9.17) is 0 Å². The van der Waals surface area contributed by atoms with E-state index in [9.17, 15) is 0 Å². The lowest BCUT2D eigenvalue weighted by molar-refractivity contribution is 1.28. The Morgan fingerprint density at radius 1 is 1.25 bits per heavy atom. The van der Waals surface area contributed by atoms with Crippen molar-refractivity contribution >= 4 is 21.5 Å². The summed E-state index contributed by atoms with van der Waals surface area (Å²) in [6.45, 7) is 10.4. The third kappa shape index (κ3) is 1.37. The quantitative estimate of drug-likeness (QED) is 0.565. The van der Waals surface area contributed by atoms with Crippen molar-refractivity contribution in [1.29, 1.82) is 0 Å². The van der Waals surface area contributed by atoms with Gasteiger partial charge in [0.25, 0.3) is 0 Å². The zero-order valence-corrected chi connectivity index (χ0v) is 10.4. The Kier molecular flexibility index (Phi) is 2.53. The van der Waals surface area contributed by atoms with E-state index in [-0.39, 0.29) is 0 Å². The number of aryl methyl sites for hydroxylation is 1. The van der Waals surface area contributed by atoms with Crippen LogP contribution in [0.5, 0.6) is 0 Å². The van der Waals surface area contributed by atoms with Gasteiger partial charge in [-0.05, 0) is 43.0 Å². The smallest absolute Gasteiger partial charge is 0.0396 e. The minimum Gasteiger partial charge on any atom is -0.0985 e. The third-order valence-electron chi connectivity index (χ3n) is 2.74. The number of benzene rings is 1. The van der Waals surface area contributed by atoms with Gasteiger partial charge in [-0.1, -0.05) is 23.9 Å². The second-order valence-corrected chi connectivity index (χ2v) is 4.36. The van der Waals surface area contributed by atoms with Crippen molar-refractivity contribution in [2.75, 3.05) is 0 Å². The molecule has 0 amide bonds. The van der Waals surface area contributed by atoms with E-state index in [1.54, 1.807) is 0 Å². The van der Waals surface area contributed by atoms with Gasteiger partial charge in [0.1, 0.15) is 0 Å². The molecule has 0 nitrogen and oxygen atoms in total. The zero-order valence-electron chi connectivity index (χ0n) is 8.36. The van der Waals surface area contributed by atoms with Gasteiger partial charge < -0.3 is 0 Å². The molecule has 0 aliphatic heterocycles. The van der Waals surface area contributed by atoms with E-state index in [1.165, 1.54) is 27.4 Å². The van der Waals surface area contributed by atoms with Gasteiger partial charge in [-0.25, -0.2) is 0 Å². The second kappa shape index (κ2) is 3.28. The monoisotopic (exact) mass is 176 g/mol. The van der Waals surface area contributed by atoms with E-state index < -0.39 is 0 Å². The first kappa shape index (κ1) is 9.27. The Labute approximate surface area is 77.7 Å². The summed E-state index contributed by atoms with van der Waals surface area (Å²) in [6, 6.07) is 2.23. The topological polar surface area (TPSA) is 0 Å². The Balaban J connectivity index is 3.49. The zero-order chi connectivity index (χ0) is 9.30. The van der Waals surface area contributed by atoms with Crippen LogP contribution >= 0.6 is 0 Å². The van der Waals surface area contributed by atoms with Gasteiger partial charge in [0.05, 0.1) is 0 Å². The van der Waals surface area contributed by atoms with Crippen LogP contribution in [0.15, 0.2) is 12.6 Å². The predicted molar refractivity (Wildman–Crippen MR) is 60.3 cm³/mol. The molecule has 1 aromatic rings. The van der Waals surface area contributed by atoms with Gasteiger partial charge in [-0.15, -0.1) is 0 Å². The molecule has 0 spiro atoms. The molecule has 0 aromatic heterocycles. The Morgan fingerprint density at radius 3 is 2.33 bits per heavy atom. The standard InChI is InChI=1S/C11H16Si/c1-5-10-6-7(2)8(3)9(4)11(10)12/h5-6H,1H2,2-4,12H3. The van der Waals surface area contributed by atoms with Gasteiger partial charge in [0, 0.05) is 10.2 Å². The summed E-state index contributed by atoms with van der Waals surface area (Å²) in [6.07, 6.45) is 1.96. The summed E-state index contributed by atoms with van der Waals surface area (Å²) in [4.78, 5) is 0. The lowest BCUT2D eigenvalue weighted by Gasteiger charge is -2.11. The van der Waals surface area contributed by atoms with Crippen molar-refractivity contribution in [2.24, 2.45) is 0 Å². The maximum atomic E-state index is 3.83. The van der Waals surface area contributed by atoms with Crippen molar-refractivity contribution < 1.29 is 0 Å². The van der Waals surface area contributed by atoms with E-state index in [2.05, 4.69) is 33.4 Å². The molecule has 1 rings (SSSR count). The minimum absolute atomic E-state index is 1.11. The molecule has 0 fully saturated rings. The first-order valence-corrected chi connectivity index (χ1v) is 5.27. The number of hydrogen-bond donors (Lipinski definition) is 0. The fraction of sp³-hybridized carbons (Fsp3) is 0.273. The molecule has 64 valence electrons. The summed E-state index contributed by atoms with van der Waals surface area (Å²) in [5.41, 5.74) is 5.59. The van der Waals surface area contributed by atoms with Crippen LogP contribution < -0.4 is 5.19 Å². The van der Waals surface area contributed by atoms with Crippen molar-refractivity contribution in [3.8, 4) is 0 Å². The van der Waals surface area contributed by atoms with E-state index in [1.807, 2.05) is 6.08 Å². The lowest BCUT2D eigenvalue weighted by atomic mass is 10.0. The highest BCUT2D eigenvalue weighted by Gasteiger charge is 2.03. The van der Waals surface area contributed by atoms with Crippen molar-refractivity contribution in [1.82, 2.24) is 0 Å². The fourth-order valence-corrected chi connectivity index (χ4v) is 2.18. The molecular weight excluding hydrogens is 160 g/mol. The highest BCUT2D eigenvalue weighted by atomic mass is 28.1. The van der Waals surface area contributed by atoms with Crippen LogP contribution in [-0.4, -0.2) is 10.2 Å². The minimum atomic E-state index is 1.11. The van der Waals surface area contributed by atoms with Crippen LogP contribution in [0.1, 0.15) is 22.3 Å². The van der Waals surface area contributed by atoms with E-state index in [0.717, 1.165) is 10.2 Å². The van der Waals surface area contributed by atoms with Crippen LogP contribution in [0.2, 0.25) is 0 Å². The van der Waals surface area contributed by atoms with Crippen LogP contribution in [-0.2, 0) is 0 Å². The average molecular weight is 176 g/mol. The van der Waals surface area contributed by atoms with Crippen LogP contribution in [0.25, 0.3) is 6.08 Å². The van der Waals surface area contributed by atoms with Crippen LogP contribution in [0, 0.1) is 20.8 Å². The molecule has 1 heteroatoms. The molecule has 0 heterocycles. The van der Waals surface area contributed by atoms with Crippen LogP contribution in [0.3, 0.4) is 0 Å². The number of rotatable bonds is 1. The molecule has 0 aliphatic carbocycles. The molecule has 1 aromatic carbocycles. The molecular formula is C11H16Si. The Morgan fingerprint density at radius 2 is 1.83 bits per heavy atom. The Bertz CT molecular complexity index is 324. The molecule has 0 atom stereocenters. The molecule has 0 saturated heterocycles. The van der Waals surface area contributed by atoms with Gasteiger partial charge >= 0.3 is 0 Å². The summed E-state index contributed by atoms with van der Waals surface area (Å²) >= 11 is 0. The van der Waals surface area contributed by atoms with Crippen molar-refractivity contribution in [3.05, 3.63) is 34.9 Å². The number of hydrogen-bond acceptors (Lipinski definition) is 0. The summed E-state index contributed by atoms with van der Waals surface area (Å²) in [7, 11) is 1.11.